The number of nitrogens with zero attached hydrogens (tertiary/aromatic N) is 3. The number of benzene rings is 1. The summed E-state index contributed by atoms with van der Waals surface area (Å²) < 4.78 is 26.7. The van der Waals surface area contributed by atoms with Gasteiger partial charge in [-0.25, -0.2) is 0 Å². The first kappa shape index (κ1) is 19.7. The van der Waals surface area contributed by atoms with Gasteiger partial charge in [-0.1, -0.05) is 20.8 Å². The summed E-state index contributed by atoms with van der Waals surface area (Å²) in [7, 11) is -4.00. The van der Waals surface area contributed by atoms with Crippen molar-refractivity contribution in [3.63, 3.8) is 0 Å². The lowest BCUT2D eigenvalue weighted by Gasteiger charge is -2.27. The van der Waals surface area contributed by atoms with Crippen molar-refractivity contribution in [2.24, 2.45) is 5.41 Å². The number of aryl methyl sites for hydroxylation is 1. The molecule has 1 aromatic heterocycles. The molecule has 0 amide bonds. The molecule has 0 spiro atoms. The van der Waals surface area contributed by atoms with Crippen LogP contribution in [0.4, 0.5) is 0 Å². The van der Waals surface area contributed by atoms with Crippen molar-refractivity contribution in [2.75, 3.05) is 0 Å². The van der Waals surface area contributed by atoms with Gasteiger partial charge in [0, 0.05) is 5.56 Å². The summed E-state index contributed by atoms with van der Waals surface area (Å²) >= 11 is 0. The number of nitriles is 1. The summed E-state index contributed by atoms with van der Waals surface area (Å²) in [4.78, 5) is 11.8. The highest BCUT2D eigenvalue weighted by Crippen LogP contribution is 2.39. The Morgan fingerprint density at radius 2 is 1.77 bits per heavy atom. The fourth-order valence-corrected chi connectivity index (χ4v) is 4.38. The Hall–Kier alpha value is -2.66. The van der Waals surface area contributed by atoms with Crippen molar-refractivity contribution in [1.82, 2.24) is 9.19 Å². The maximum absolute atomic E-state index is 12.9. The Balaban J connectivity index is 2.66. The molecule has 0 saturated heterocycles. The third kappa shape index (κ3) is 3.35. The number of aromatic nitrogens is 2. The van der Waals surface area contributed by atoms with Crippen molar-refractivity contribution in [3.8, 4) is 6.07 Å². The van der Waals surface area contributed by atoms with Crippen LogP contribution in [0.25, 0.3) is 0 Å². The first-order valence-electron chi connectivity index (χ1n) is 7.96. The lowest BCUT2D eigenvalue weighted by Crippen LogP contribution is -2.27. The molecule has 26 heavy (non-hydrogen) atoms. The maximum Gasteiger partial charge on any atom is 0.311 e. The molecular weight excluding hydrogens is 354 g/mol. The average Bonchev–Trinajstić information content (AvgIpc) is 2.82. The van der Waals surface area contributed by atoms with Gasteiger partial charge < -0.3 is 5.11 Å². The average molecular weight is 375 g/mol. The fourth-order valence-electron chi connectivity index (χ4n) is 3.01. The minimum absolute atomic E-state index is 0.0173. The van der Waals surface area contributed by atoms with Gasteiger partial charge in [0.25, 0.3) is 10.0 Å². The summed E-state index contributed by atoms with van der Waals surface area (Å²) in [5, 5.41) is 22.6. The number of rotatable bonds is 4. The van der Waals surface area contributed by atoms with E-state index in [1.54, 1.807) is 34.6 Å². The van der Waals surface area contributed by atoms with Crippen molar-refractivity contribution in [1.29, 1.82) is 5.26 Å². The topological polar surface area (TPSA) is 113 Å². The molecule has 0 saturated carbocycles. The molecule has 8 heteroatoms. The summed E-state index contributed by atoms with van der Waals surface area (Å²) in [6, 6.07) is 7.43. The van der Waals surface area contributed by atoms with E-state index in [-0.39, 0.29) is 10.6 Å². The van der Waals surface area contributed by atoms with Crippen LogP contribution in [-0.4, -0.2) is 28.7 Å². The van der Waals surface area contributed by atoms with Crippen molar-refractivity contribution < 1.29 is 18.3 Å². The highest BCUT2D eigenvalue weighted by atomic mass is 32.2. The van der Waals surface area contributed by atoms with Crippen molar-refractivity contribution >= 4 is 16.0 Å². The molecule has 1 atom stereocenters. The summed E-state index contributed by atoms with van der Waals surface area (Å²) in [6.07, 6.45) is 0. The van der Waals surface area contributed by atoms with Crippen LogP contribution in [0.1, 0.15) is 49.2 Å². The molecule has 1 heterocycles. The summed E-state index contributed by atoms with van der Waals surface area (Å²) in [6.45, 7) is 8.53. The molecule has 0 fully saturated rings. The van der Waals surface area contributed by atoms with Crippen LogP contribution in [0.3, 0.4) is 0 Å². The van der Waals surface area contributed by atoms with Gasteiger partial charge in [-0.15, -0.1) is 0 Å². The van der Waals surface area contributed by atoms with E-state index in [4.69, 9.17) is 5.26 Å². The molecule has 0 aliphatic rings. The predicted molar refractivity (Wildman–Crippen MR) is 95.3 cm³/mol. The number of carboxylic acid groups (broad SMARTS) is 1. The number of aliphatic carboxylic acids is 1. The van der Waals surface area contributed by atoms with Gasteiger partial charge in [0.15, 0.2) is 0 Å². The van der Waals surface area contributed by atoms with Crippen LogP contribution in [0.5, 0.6) is 0 Å². The van der Waals surface area contributed by atoms with Gasteiger partial charge >= 0.3 is 5.97 Å². The van der Waals surface area contributed by atoms with E-state index in [1.165, 1.54) is 24.3 Å². The number of carboxylic acids is 1. The highest BCUT2D eigenvalue weighted by Gasteiger charge is 2.38. The quantitative estimate of drug-likeness (QED) is 0.879. The van der Waals surface area contributed by atoms with Gasteiger partial charge in [0.05, 0.1) is 33.8 Å². The molecule has 1 unspecified atom stereocenters. The molecule has 0 radical (unpaired) electrons. The standard InChI is InChI=1S/C18H21N3O4S/c1-11-15(16(17(22)23)18(3,4)5)12(2)21(20-11)26(24,25)14-8-6-13(10-19)7-9-14/h6-9,16H,1-5H3,(H,22,23). The largest absolute Gasteiger partial charge is 0.481 e. The monoisotopic (exact) mass is 375 g/mol. The van der Waals surface area contributed by atoms with Crippen LogP contribution < -0.4 is 0 Å². The summed E-state index contributed by atoms with van der Waals surface area (Å²) in [5.74, 6) is -1.92. The predicted octanol–water partition coefficient (Wildman–Crippen LogP) is 2.82. The molecule has 0 aliphatic carbocycles. The van der Waals surface area contributed by atoms with Crippen LogP contribution in [0.2, 0.25) is 0 Å². The zero-order valence-electron chi connectivity index (χ0n) is 15.3. The molecular formula is C18H21N3O4S. The Kier molecular flexibility index (Phi) is 4.97. The normalized spacial score (nSPS) is 13.2. The zero-order chi connectivity index (χ0) is 19.9. The van der Waals surface area contributed by atoms with Gasteiger partial charge in [-0.3, -0.25) is 4.79 Å². The van der Waals surface area contributed by atoms with Crippen LogP contribution in [0.15, 0.2) is 29.2 Å². The Morgan fingerprint density at radius 1 is 1.23 bits per heavy atom. The molecule has 7 nitrogen and oxygen atoms in total. The second kappa shape index (κ2) is 6.57. The molecule has 0 bridgehead atoms. The second-order valence-electron chi connectivity index (χ2n) is 7.21. The van der Waals surface area contributed by atoms with E-state index >= 15 is 0 Å². The highest BCUT2D eigenvalue weighted by molar-refractivity contribution is 7.89. The number of hydrogen-bond donors (Lipinski definition) is 1. The molecule has 2 rings (SSSR count). The third-order valence-corrected chi connectivity index (χ3v) is 5.90. The first-order valence-corrected chi connectivity index (χ1v) is 9.40. The number of hydrogen-bond acceptors (Lipinski definition) is 5. The third-order valence-electron chi connectivity index (χ3n) is 4.22. The molecule has 138 valence electrons. The van der Waals surface area contributed by atoms with Crippen LogP contribution in [0, 0.1) is 30.6 Å². The fraction of sp³-hybridized carbons (Fsp3) is 0.389. The first-order chi connectivity index (χ1) is 11.9. The SMILES string of the molecule is Cc1nn(S(=O)(=O)c2ccc(C#N)cc2)c(C)c1C(C(=O)O)C(C)(C)C. The smallest absolute Gasteiger partial charge is 0.311 e. The van der Waals surface area contributed by atoms with E-state index in [1.807, 2.05) is 6.07 Å². The Bertz CT molecular complexity index is 991. The zero-order valence-corrected chi connectivity index (χ0v) is 16.1. The van der Waals surface area contributed by atoms with Gasteiger partial charge in [-0.2, -0.15) is 22.9 Å². The van der Waals surface area contributed by atoms with Gasteiger partial charge in [0.1, 0.15) is 0 Å². The van der Waals surface area contributed by atoms with Crippen molar-refractivity contribution in [2.45, 2.75) is 45.4 Å². The van der Waals surface area contributed by atoms with E-state index in [0.29, 0.717) is 16.8 Å². The van der Waals surface area contributed by atoms with Gasteiger partial charge in [-0.05, 0) is 43.5 Å². The van der Waals surface area contributed by atoms with E-state index < -0.39 is 27.3 Å². The minimum atomic E-state index is -4.00. The lowest BCUT2D eigenvalue weighted by atomic mass is 9.76. The summed E-state index contributed by atoms with van der Waals surface area (Å²) in [5.41, 5.74) is 0.767. The Morgan fingerprint density at radius 3 is 2.19 bits per heavy atom. The van der Waals surface area contributed by atoms with Crippen LogP contribution in [-0.2, 0) is 14.8 Å². The molecule has 1 N–H and O–H groups in total. The number of carbonyl (C=O) groups is 1. The Labute approximate surface area is 152 Å². The molecule has 1 aromatic carbocycles. The maximum atomic E-state index is 12.9. The second-order valence-corrected chi connectivity index (χ2v) is 8.97. The van der Waals surface area contributed by atoms with Crippen LogP contribution >= 0.6 is 0 Å². The minimum Gasteiger partial charge on any atom is -0.481 e. The molecule has 2 aromatic rings. The molecule has 0 aliphatic heterocycles. The van der Waals surface area contributed by atoms with Gasteiger partial charge in [0.2, 0.25) is 0 Å². The van der Waals surface area contributed by atoms with E-state index in [9.17, 15) is 18.3 Å². The van der Waals surface area contributed by atoms with E-state index in [2.05, 4.69) is 5.10 Å². The van der Waals surface area contributed by atoms with E-state index in [0.717, 1.165) is 4.09 Å². The van der Waals surface area contributed by atoms with Crippen molar-refractivity contribution in [3.05, 3.63) is 46.8 Å². The lowest BCUT2D eigenvalue weighted by molar-refractivity contribution is -0.141.